The van der Waals surface area contributed by atoms with E-state index in [4.69, 9.17) is 4.74 Å². The molecule has 2 aromatic rings. The molecule has 24 heavy (non-hydrogen) atoms. The van der Waals surface area contributed by atoms with Crippen LogP contribution >= 0.6 is 24.0 Å². The predicted octanol–water partition coefficient (Wildman–Crippen LogP) is 1.72. The topological polar surface area (TPSA) is 76.4 Å². The highest BCUT2D eigenvalue weighted by Crippen LogP contribution is 2.16. The summed E-state index contributed by atoms with van der Waals surface area (Å²) in [4.78, 5) is 4.25. The van der Waals surface area contributed by atoms with Crippen LogP contribution in [-0.2, 0) is 26.1 Å². The first kappa shape index (κ1) is 18.5. The second-order valence-electron chi connectivity index (χ2n) is 5.38. The molecule has 2 N–H and O–H groups in total. The zero-order valence-electron chi connectivity index (χ0n) is 14.0. The van der Waals surface area contributed by atoms with Crippen LogP contribution in [0.5, 0.6) is 5.75 Å². The average Bonchev–Trinajstić information content (AvgIpc) is 3.19. The molecule has 8 heteroatoms. The van der Waals surface area contributed by atoms with Gasteiger partial charge in [-0.3, -0.25) is 4.99 Å². The van der Waals surface area contributed by atoms with Gasteiger partial charge in [0.2, 0.25) is 0 Å². The quantitative estimate of drug-likeness (QED) is 0.419. The molecule has 3 rings (SSSR count). The third kappa shape index (κ3) is 4.16. The fraction of sp³-hybridized carbons (Fsp3) is 0.438. The predicted molar refractivity (Wildman–Crippen MR) is 104 cm³/mol. The minimum atomic E-state index is 0. The number of methoxy groups -OCH3 is 1. The molecule has 0 saturated carbocycles. The standard InChI is InChI=1S/C16H22N6O.HI/c1-17-16(18-10-12-6-3-4-7-13(12)23-2)19-11-15-21-20-14-8-5-9-22(14)15;/h3-4,6-7H,5,8-11H2,1-2H3,(H2,17,18,19);1H. The number of rotatable bonds is 5. The van der Waals surface area contributed by atoms with E-state index >= 15 is 0 Å². The van der Waals surface area contributed by atoms with E-state index in [2.05, 4.69) is 30.4 Å². The highest BCUT2D eigenvalue weighted by Gasteiger charge is 2.17. The summed E-state index contributed by atoms with van der Waals surface area (Å²) in [6.07, 6.45) is 2.17. The molecule has 1 aromatic carbocycles. The lowest BCUT2D eigenvalue weighted by Crippen LogP contribution is -2.37. The molecule has 1 aliphatic heterocycles. The van der Waals surface area contributed by atoms with Crippen LogP contribution in [0.1, 0.15) is 23.6 Å². The zero-order valence-corrected chi connectivity index (χ0v) is 16.3. The molecule has 1 aromatic heterocycles. The van der Waals surface area contributed by atoms with Crippen molar-refractivity contribution in [2.45, 2.75) is 32.5 Å². The van der Waals surface area contributed by atoms with Crippen molar-refractivity contribution < 1.29 is 4.74 Å². The molecule has 2 heterocycles. The summed E-state index contributed by atoms with van der Waals surface area (Å²) in [5, 5.41) is 15.0. The largest absolute Gasteiger partial charge is 0.496 e. The van der Waals surface area contributed by atoms with Crippen molar-refractivity contribution in [3.05, 3.63) is 41.5 Å². The normalized spacial score (nSPS) is 13.2. The molecule has 130 valence electrons. The number of halogens is 1. The van der Waals surface area contributed by atoms with Gasteiger partial charge in [0.25, 0.3) is 0 Å². The maximum absolute atomic E-state index is 5.36. The van der Waals surface area contributed by atoms with Gasteiger partial charge in [0.05, 0.1) is 13.7 Å². The summed E-state index contributed by atoms with van der Waals surface area (Å²) in [7, 11) is 3.43. The first-order valence-corrected chi connectivity index (χ1v) is 7.79. The molecule has 0 saturated heterocycles. The maximum atomic E-state index is 5.36. The van der Waals surface area contributed by atoms with Crippen molar-refractivity contribution in [1.29, 1.82) is 0 Å². The van der Waals surface area contributed by atoms with Crippen molar-refractivity contribution >= 4 is 29.9 Å². The number of para-hydroxylation sites is 1. The van der Waals surface area contributed by atoms with Gasteiger partial charge in [-0.05, 0) is 12.5 Å². The van der Waals surface area contributed by atoms with Gasteiger partial charge in [0, 0.05) is 32.1 Å². The van der Waals surface area contributed by atoms with Crippen molar-refractivity contribution in [3.8, 4) is 5.75 Å². The number of fused-ring (bicyclic) bond motifs is 1. The van der Waals surface area contributed by atoms with E-state index in [1.807, 2.05) is 24.3 Å². The summed E-state index contributed by atoms with van der Waals surface area (Å²) in [6, 6.07) is 7.94. The average molecular weight is 442 g/mol. The van der Waals surface area contributed by atoms with Crippen LogP contribution in [0.15, 0.2) is 29.3 Å². The van der Waals surface area contributed by atoms with Crippen molar-refractivity contribution in [2.24, 2.45) is 4.99 Å². The third-order valence-corrected chi connectivity index (χ3v) is 3.96. The number of aromatic nitrogens is 3. The number of guanidine groups is 1. The Morgan fingerprint density at radius 3 is 2.83 bits per heavy atom. The third-order valence-electron chi connectivity index (χ3n) is 3.96. The summed E-state index contributed by atoms with van der Waals surface area (Å²) in [6.45, 7) is 2.26. The van der Waals surface area contributed by atoms with Crippen molar-refractivity contribution in [2.75, 3.05) is 14.2 Å². The van der Waals surface area contributed by atoms with E-state index in [1.165, 1.54) is 0 Å². The second-order valence-corrected chi connectivity index (χ2v) is 5.38. The minimum absolute atomic E-state index is 0. The van der Waals surface area contributed by atoms with E-state index < -0.39 is 0 Å². The van der Waals surface area contributed by atoms with Gasteiger partial charge in [-0.25, -0.2) is 0 Å². The van der Waals surface area contributed by atoms with Crippen LogP contribution in [0.3, 0.4) is 0 Å². The first-order chi connectivity index (χ1) is 11.3. The Hall–Kier alpha value is -1.84. The molecular formula is C16H23IN6O. The molecular weight excluding hydrogens is 419 g/mol. The zero-order chi connectivity index (χ0) is 16.1. The Bertz CT molecular complexity index is 700. The Labute approximate surface area is 158 Å². The van der Waals surface area contributed by atoms with E-state index in [0.717, 1.165) is 48.3 Å². The fourth-order valence-corrected chi connectivity index (χ4v) is 2.75. The molecule has 0 spiro atoms. The minimum Gasteiger partial charge on any atom is -0.496 e. The van der Waals surface area contributed by atoms with E-state index in [-0.39, 0.29) is 24.0 Å². The van der Waals surface area contributed by atoms with Gasteiger partial charge >= 0.3 is 0 Å². The van der Waals surface area contributed by atoms with Crippen LogP contribution in [0.4, 0.5) is 0 Å². The van der Waals surface area contributed by atoms with Gasteiger partial charge in [-0.1, -0.05) is 18.2 Å². The number of benzene rings is 1. The highest BCUT2D eigenvalue weighted by molar-refractivity contribution is 14.0. The number of nitrogens with zero attached hydrogens (tertiary/aromatic N) is 4. The van der Waals surface area contributed by atoms with E-state index in [1.54, 1.807) is 14.2 Å². The summed E-state index contributed by atoms with van der Waals surface area (Å²) in [5.41, 5.74) is 1.08. The first-order valence-electron chi connectivity index (χ1n) is 7.79. The number of nitrogens with one attached hydrogen (secondary N) is 2. The van der Waals surface area contributed by atoms with Gasteiger partial charge in [-0.2, -0.15) is 0 Å². The molecule has 0 atom stereocenters. The number of hydrogen-bond acceptors (Lipinski definition) is 4. The SMILES string of the molecule is CN=C(NCc1ccccc1OC)NCc1nnc2n1CCC2.I. The molecule has 0 bridgehead atoms. The molecule has 0 aliphatic carbocycles. The Kier molecular flexibility index (Phi) is 6.83. The lowest BCUT2D eigenvalue weighted by Gasteiger charge is -2.13. The lowest BCUT2D eigenvalue weighted by atomic mass is 10.2. The Balaban J connectivity index is 0.00000208. The maximum Gasteiger partial charge on any atom is 0.191 e. The summed E-state index contributed by atoms with van der Waals surface area (Å²) >= 11 is 0. The van der Waals surface area contributed by atoms with Crippen LogP contribution in [0.2, 0.25) is 0 Å². The number of ether oxygens (including phenoxy) is 1. The fourth-order valence-electron chi connectivity index (χ4n) is 2.75. The highest BCUT2D eigenvalue weighted by atomic mass is 127. The Morgan fingerprint density at radius 2 is 2.04 bits per heavy atom. The molecule has 0 radical (unpaired) electrons. The second kappa shape index (κ2) is 8.86. The van der Waals surface area contributed by atoms with Crippen LogP contribution in [0, 0.1) is 0 Å². The van der Waals surface area contributed by atoms with Crippen molar-refractivity contribution in [3.63, 3.8) is 0 Å². The van der Waals surface area contributed by atoms with E-state index in [0.29, 0.717) is 13.1 Å². The van der Waals surface area contributed by atoms with Gasteiger partial charge in [-0.15, -0.1) is 34.2 Å². The summed E-state index contributed by atoms with van der Waals surface area (Å²) in [5.74, 6) is 3.63. The van der Waals surface area contributed by atoms with E-state index in [9.17, 15) is 0 Å². The number of aliphatic imine (C=N–C) groups is 1. The van der Waals surface area contributed by atoms with Crippen LogP contribution in [-0.4, -0.2) is 34.9 Å². The molecule has 0 fully saturated rings. The molecule has 1 aliphatic rings. The lowest BCUT2D eigenvalue weighted by molar-refractivity contribution is 0.409. The Morgan fingerprint density at radius 1 is 1.25 bits per heavy atom. The number of hydrogen-bond donors (Lipinski definition) is 2. The smallest absolute Gasteiger partial charge is 0.191 e. The monoisotopic (exact) mass is 442 g/mol. The number of aryl methyl sites for hydroxylation is 1. The molecule has 0 unspecified atom stereocenters. The summed E-state index contributed by atoms with van der Waals surface area (Å²) < 4.78 is 7.54. The van der Waals surface area contributed by atoms with Crippen LogP contribution < -0.4 is 15.4 Å². The molecule has 7 nitrogen and oxygen atoms in total. The van der Waals surface area contributed by atoms with Crippen molar-refractivity contribution in [1.82, 2.24) is 25.4 Å². The molecule has 0 amide bonds. The van der Waals surface area contributed by atoms with Gasteiger partial charge in [0.15, 0.2) is 11.8 Å². The van der Waals surface area contributed by atoms with Crippen LogP contribution in [0.25, 0.3) is 0 Å². The van der Waals surface area contributed by atoms with Gasteiger partial charge in [0.1, 0.15) is 11.6 Å². The van der Waals surface area contributed by atoms with Gasteiger partial charge < -0.3 is 19.9 Å².